The average molecular weight is 951 g/mol. The van der Waals surface area contributed by atoms with Crippen LogP contribution < -0.4 is 20.0 Å². The van der Waals surface area contributed by atoms with Gasteiger partial charge in [-0.25, -0.2) is 4.98 Å². The van der Waals surface area contributed by atoms with Gasteiger partial charge >= 0.3 is 6.18 Å². The van der Waals surface area contributed by atoms with Crippen LogP contribution in [0.15, 0.2) is 131 Å². The standard InChI is InChI=1S/C49H40Cl2F3N7O6/c1-59(2)32-14-10-30(11-15-32)56-57-31-12-16-33(17-13-31)60-44(63)35-19-18-34-36(42(35)46(60)65)24-38-45(64)61(58-43-39(51)23-28(25-55-43)49(52,53)54)47(66)48(38,27-6-8-29(50)9-7-27)37(34)20-4-26-5-21-40(62)41(22-26)67-3/h4-18,20-23,25,35-38,42,62H,19,24H2,1-3H3,(H,55,58). The van der Waals surface area contributed by atoms with Gasteiger partial charge in [0.2, 0.25) is 11.8 Å². The van der Waals surface area contributed by atoms with Crippen molar-refractivity contribution in [1.29, 1.82) is 0 Å². The number of hydrogen-bond donors (Lipinski definition) is 2. The number of pyridine rings is 1. The van der Waals surface area contributed by atoms with Crippen LogP contribution in [0.4, 0.5) is 41.7 Å². The molecule has 2 N–H and O–H groups in total. The van der Waals surface area contributed by atoms with E-state index in [0.29, 0.717) is 51.0 Å². The number of rotatable bonds is 10. The highest BCUT2D eigenvalue weighted by Gasteiger charge is 2.69. The molecule has 2 aliphatic heterocycles. The van der Waals surface area contributed by atoms with Gasteiger partial charge in [-0.05, 0) is 109 Å². The van der Waals surface area contributed by atoms with Crippen molar-refractivity contribution in [3.05, 3.63) is 148 Å². The highest BCUT2D eigenvalue weighted by molar-refractivity contribution is 6.33. The lowest BCUT2D eigenvalue weighted by Crippen LogP contribution is -2.54. The molecule has 1 aromatic heterocycles. The Morgan fingerprint density at radius 1 is 0.881 bits per heavy atom. The molecule has 5 aromatic rings. The summed E-state index contributed by atoms with van der Waals surface area (Å²) in [6.45, 7) is 0. The third kappa shape index (κ3) is 7.86. The highest BCUT2D eigenvalue weighted by atomic mass is 35.5. The highest BCUT2D eigenvalue weighted by Crippen LogP contribution is 2.62. The summed E-state index contributed by atoms with van der Waals surface area (Å²) in [4.78, 5) is 66.5. The van der Waals surface area contributed by atoms with Crippen LogP contribution in [0, 0.1) is 29.6 Å². The fourth-order valence-electron chi connectivity index (χ4n) is 9.89. The summed E-state index contributed by atoms with van der Waals surface area (Å²) in [6, 6.07) is 25.8. The third-order valence-electron chi connectivity index (χ3n) is 13.1. The topological polar surface area (TPSA) is 157 Å². The molecule has 4 amide bonds. The minimum atomic E-state index is -4.77. The van der Waals surface area contributed by atoms with Crippen LogP contribution in [0.2, 0.25) is 10.0 Å². The van der Waals surface area contributed by atoms with Crippen molar-refractivity contribution in [3.8, 4) is 11.5 Å². The van der Waals surface area contributed by atoms with E-state index in [1.807, 2.05) is 49.3 Å². The fourth-order valence-corrected chi connectivity index (χ4v) is 10.2. The van der Waals surface area contributed by atoms with Crippen LogP contribution in [0.5, 0.6) is 11.5 Å². The monoisotopic (exact) mass is 949 g/mol. The number of amides is 4. The number of phenols is 1. The molecule has 6 unspecified atom stereocenters. The molecular weight excluding hydrogens is 910 g/mol. The maximum atomic E-state index is 15.4. The molecule has 0 bridgehead atoms. The second-order valence-electron chi connectivity index (χ2n) is 16.9. The van der Waals surface area contributed by atoms with Crippen LogP contribution in [-0.4, -0.2) is 59.9 Å². The van der Waals surface area contributed by atoms with Gasteiger partial charge in [0.15, 0.2) is 17.3 Å². The molecule has 4 aliphatic rings. The summed E-state index contributed by atoms with van der Waals surface area (Å²) in [5, 5.41) is 19.6. The largest absolute Gasteiger partial charge is 0.504 e. The number of carbonyl (C=O) groups excluding carboxylic acids is 4. The number of aromatic hydroxyl groups is 1. The molecule has 3 heterocycles. The van der Waals surface area contributed by atoms with E-state index in [0.717, 1.165) is 15.6 Å². The van der Waals surface area contributed by atoms with Gasteiger partial charge in [-0.15, -0.1) is 0 Å². The predicted molar refractivity (Wildman–Crippen MR) is 245 cm³/mol. The van der Waals surface area contributed by atoms with Gasteiger partial charge in [-0.3, -0.25) is 29.5 Å². The summed E-state index contributed by atoms with van der Waals surface area (Å²) in [5.74, 6) is -7.33. The molecule has 18 heteroatoms. The van der Waals surface area contributed by atoms with Crippen molar-refractivity contribution in [1.82, 2.24) is 9.99 Å². The predicted octanol–water partition coefficient (Wildman–Crippen LogP) is 10.3. The van der Waals surface area contributed by atoms with E-state index in [1.165, 1.54) is 13.2 Å². The summed E-state index contributed by atoms with van der Waals surface area (Å²) in [5.41, 5.74) is 3.81. The number of azo groups is 1. The number of anilines is 3. The van der Waals surface area contributed by atoms with Crippen LogP contribution >= 0.6 is 23.2 Å². The molecule has 0 spiro atoms. The summed E-state index contributed by atoms with van der Waals surface area (Å²) < 4.78 is 46.1. The molecule has 13 nitrogen and oxygen atoms in total. The smallest absolute Gasteiger partial charge is 0.417 e. The lowest BCUT2D eigenvalue weighted by Gasteiger charge is -2.49. The number of alkyl halides is 3. The zero-order valence-corrected chi connectivity index (χ0v) is 37.4. The number of halogens is 5. The van der Waals surface area contributed by atoms with Gasteiger partial charge in [-0.1, -0.05) is 65.2 Å². The third-order valence-corrected chi connectivity index (χ3v) is 13.6. The van der Waals surface area contributed by atoms with Crippen molar-refractivity contribution in [2.75, 3.05) is 36.4 Å². The number of fused-ring (bicyclic) bond motifs is 4. The first-order chi connectivity index (χ1) is 32.0. The number of benzene rings is 4. The molecular formula is C49H40Cl2F3N7O6. The quantitative estimate of drug-likeness (QED) is 0.0790. The van der Waals surface area contributed by atoms with Gasteiger partial charge in [0.25, 0.3) is 11.8 Å². The number of ether oxygens (including phenoxy) is 1. The Hall–Kier alpha value is -7.04. The normalized spacial score (nSPS) is 23.7. The van der Waals surface area contributed by atoms with Crippen molar-refractivity contribution < 1.29 is 42.2 Å². The van der Waals surface area contributed by atoms with Crippen molar-refractivity contribution >= 4 is 81.5 Å². The van der Waals surface area contributed by atoms with Crippen LogP contribution in [0.25, 0.3) is 6.08 Å². The number of phenolic OH excluding ortho intramolecular Hbond substituents is 1. The van der Waals surface area contributed by atoms with Gasteiger partial charge in [0.05, 0.1) is 57.9 Å². The van der Waals surface area contributed by atoms with Gasteiger partial charge in [0, 0.05) is 36.9 Å². The van der Waals surface area contributed by atoms with Gasteiger partial charge < -0.3 is 14.7 Å². The van der Waals surface area contributed by atoms with E-state index >= 15 is 4.79 Å². The van der Waals surface area contributed by atoms with E-state index in [9.17, 15) is 32.7 Å². The molecule has 342 valence electrons. The Balaban J connectivity index is 1.11. The number of imide groups is 2. The van der Waals surface area contributed by atoms with E-state index in [4.69, 9.17) is 27.9 Å². The Morgan fingerprint density at radius 3 is 2.18 bits per heavy atom. The summed E-state index contributed by atoms with van der Waals surface area (Å²) >= 11 is 12.7. The Morgan fingerprint density at radius 2 is 1.55 bits per heavy atom. The van der Waals surface area contributed by atoms with E-state index < -0.39 is 75.4 Å². The maximum Gasteiger partial charge on any atom is 0.417 e. The SMILES string of the molecule is COc1cc(C=CC2C3=CCC4C(=O)N(c5ccc(N=Nc6ccc(N(C)C)cc6)cc5)C(=O)C4C3CC3C(=O)N(Nc4ncc(C(F)(F)F)cc4Cl)C(=O)C23c2ccc(Cl)cc2)ccc1O. The number of carbonyl (C=O) groups is 4. The molecule has 1 saturated carbocycles. The van der Waals surface area contributed by atoms with Crippen LogP contribution in [0.1, 0.15) is 29.5 Å². The molecule has 9 rings (SSSR count). The van der Waals surface area contributed by atoms with Crippen LogP contribution in [-0.2, 0) is 30.8 Å². The maximum absolute atomic E-state index is 15.4. The second-order valence-corrected chi connectivity index (χ2v) is 17.7. The fraction of sp³-hybridized carbons (Fsp3) is 0.245. The number of allylic oxidation sites excluding steroid dienone is 3. The number of hydrazine groups is 1. The molecule has 67 heavy (non-hydrogen) atoms. The first-order valence-electron chi connectivity index (χ1n) is 21.1. The lowest BCUT2D eigenvalue weighted by atomic mass is 9.50. The zero-order valence-electron chi connectivity index (χ0n) is 35.9. The first kappa shape index (κ1) is 45.1. The van der Waals surface area contributed by atoms with Gasteiger partial charge in [0.1, 0.15) is 0 Å². The summed E-state index contributed by atoms with van der Waals surface area (Å²) in [6.07, 6.45) is 1.19. The number of methoxy groups -OCH3 is 1. The molecule has 6 atom stereocenters. The number of hydrogen-bond acceptors (Lipinski definition) is 11. The number of aromatic nitrogens is 1. The molecule has 2 saturated heterocycles. The van der Waals surface area contributed by atoms with Crippen molar-refractivity contribution in [2.45, 2.75) is 24.4 Å². The van der Waals surface area contributed by atoms with Crippen molar-refractivity contribution in [3.63, 3.8) is 0 Å². The molecule has 2 aliphatic carbocycles. The van der Waals surface area contributed by atoms with Crippen molar-refractivity contribution in [2.24, 2.45) is 39.8 Å². The molecule has 0 radical (unpaired) electrons. The summed E-state index contributed by atoms with van der Waals surface area (Å²) in [7, 11) is 5.27. The lowest BCUT2D eigenvalue weighted by molar-refractivity contribution is -0.139. The minimum absolute atomic E-state index is 0.0639. The first-order valence-corrected chi connectivity index (χ1v) is 21.8. The Kier molecular flexibility index (Phi) is 11.7. The van der Waals surface area contributed by atoms with Crippen LogP contribution in [0.3, 0.4) is 0 Å². The zero-order chi connectivity index (χ0) is 47.5. The number of nitrogens with one attached hydrogen (secondary N) is 1. The Bertz CT molecular complexity index is 2910. The average Bonchev–Trinajstić information content (AvgIpc) is 3.69. The van der Waals surface area contributed by atoms with E-state index in [2.05, 4.69) is 20.6 Å². The van der Waals surface area contributed by atoms with E-state index in [-0.39, 0.29) is 30.2 Å². The molecule has 4 aromatic carbocycles. The molecule has 3 fully saturated rings. The number of nitrogens with zero attached hydrogens (tertiary/aromatic N) is 6. The van der Waals surface area contributed by atoms with E-state index in [1.54, 1.807) is 72.8 Å². The Labute approximate surface area is 392 Å². The second kappa shape index (κ2) is 17.3. The van der Waals surface area contributed by atoms with Gasteiger partial charge in [-0.2, -0.15) is 28.4 Å². The minimum Gasteiger partial charge on any atom is -0.504 e.